The molecule has 1 aromatic carbocycles. The van der Waals surface area contributed by atoms with E-state index in [1.54, 1.807) is 36.4 Å². The number of rotatable bonds is 5. The summed E-state index contributed by atoms with van der Waals surface area (Å²) in [6, 6.07) is 9.84. The number of amides is 1. The Hall–Kier alpha value is -3.53. The second-order valence-electron chi connectivity index (χ2n) is 4.47. The first-order chi connectivity index (χ1) is 11.1. The molecule has 0 aliphatic heterocycles. The van der Waals surface area contributed by atoms with E-state index in [0.29, 0.717) is 11.3 Å². The number of anilines is 2. The zero-order valence-electron chi connectivity index (χ0n) is 12.3. The van der Waals surface area contributed by atoms with Crippen molar-refractivity contribution >= 4 is 23.3 Å². The van der Waals surface area contributed by atoms with Crippen molar-refractivity contribution in [3.63, 3.8) is 0 Å². The van der Waals surface area contributed by atoms with E-state index in [-0.39, 0.29) is 17.3 Å². The highest BCUT2D eigenvalue weighted by atomic mass is 16.1. The molecule has 0 spiro atoms. The van der Waals surface area contributed by atoms with Crippen molar-refractivity contribution in [1.29, 1.82) is 5.26 Å². The largest absolute Gasteiger partial charge is 0.329 e. The van der Waals surface area contributed by atoms with Crippen LogP contribution in [0.15, 0.2) is 54.5 Å². The van der Waals surface area contributed by atoms with E-state index >= 15 is 0 Å². The Morgan fingerprint density at radius 1 is 1.17 bits per heavy atom. The number of carbonyl (C=O) groups is 2. The smallest absolute Gasteiger partial charge is 0.267 e. The molecule has 1 amide bonds. The fraction of sp³-hybridized carbons (Fsp3) is 0.0625. The van der Waals surface area contributed by atoms with E-state index in [2.05, 4.69) is 20.6 Å². The average molecular weight is 307 g/mol. The van der Waals surface area contributed by atoms with Crippen molar-refractivity contribution in [2.45, 2.75) is 6.92 Å². The summed E-state index contributed by atoms with van der Waals surface area (Å²) in [7, 11) is 0. The molecule has 0 fully saturated rings. The highest BCUT2D eigenvalue weighted by molar-refractivity contribution is 6.07. The van der Waals surface area contributed by atoms with Gasteiger partial charge in [-0.25, -0.2) is 9.97 Å². The molecule has 2 N–H and O–H groups in total. The van der Waals surface area contributed by atoms with Crippen LogP contribution in [0.5, 0.6) is 0 Å². The van der Waals surface area contributed by atoms with Crippen LogP contribution in [0.1, 0.15) is 17.3 Å². The van der Waals surface area contributed by atoms with Crippen molar-refractivity contribution in [3.8, 4) is 6.07 Å². The van der Waals surface area contributed by atoms with E-state index in [1.807, 2.05) is 0 Å². The first-order valence-electron chi connectivity index (χ1n) is 6.66. The predicted molar refractivity (Wildman–Crippen MR) is 84.4 cm³/mol. The lowest BCUT2D eigenvalue weighted by Gasteiger charge is -2.05. The summed E-state index contributed by atoms with van der Waals surface area (Å²) in [6.45, 7) is 1.46. The van der Waals surface area contributed by atoms with Crippen molar-refractivity contribution in [2.24, 2.45) is 0 Å². The quantitative estimate of drug-likeness (QED) is 0.498. The molecule has 0 bridgehead atoms. The number of nitrogens with one attached hydrogen (secondary N) is 2. The average Bonchev–Trinajstić information content (AvgIpc) is 2.57. The summed E-state index contributed by atoms with van der Waals surface area (Å²) in [5, 5.41) is 14.3. The number of nitriles is 1. The highest BCUT2D eigenvalue weighted by Crippen LogP contribution is 2.11. The SMILES string of the molecule is CC(=O)c1ccc(NC(=O)/C(C#N)=C\Nc2ncccn2)cc1. The van der Waals surface area contributed by atoms with Gasteiger partial charge < -0.3 is 10.6 Å². The Kier molecular flexibility index (Phi) is 5.15. The Morgan fingerprint density at radius 2 is 1.83 bits per heavy atom. The van der Waals surface area contributed by atoms with Gasteiger partial charge >= 0.3 is 0 Å². The summed E-state index contributed by atoms with van der Waals surface area (Å²) in [5.41, 5.74) is 0.896. The van der Waals surface area contributed by atoms with E-state index in [9.17, 15) is 9.59 Å². The van der Waals surface area contributed by atoms with Crippen molar-refractivity contribution in [3.05, 3.63) is 60.1 Å². The maximum Gasteiger partial charge on any atom is 0.267 e. The molecule has 0 saturated heterocycles. The molecule has 7 heteroatoms. The molecule has 114 valence electrons. The van der Waals surface area contributed by atoms with Gasteiger partial charge in [0, 0.05) is 29.8 Å². The monoisotopic (exact) mass is 307 g/mol. The number of aromatic nitrogens is 2. The lowest BCUT2D eigenvalue weighted by molar-refractivity contribution is -0.112. The van der Waals surface area contributed by atoms with E-state index in [4.69, 9.17) is 5.26 Å². The molecular weight excluding hydrogens is 294 g/mol. The summed E-state index contributed by atoms with van der Waals surface area (Å²) in [5.74, 6) is -0.363. The minimum absolute atomic E-state index is 0.0625. The van der Waals surface area contributed by atoms with Crippen LogP contribution in [0, 0.1) is 11.3 Å². The maximum absolute atomic E-state index is 12.0. The standard InChI is InChI=1S/C16H13N5O2/c1-11(22)12-3-5-14(6-4-12)21-15(23)13(9-17)10-20-16-18-7-2-8-19-16/h2-8,10H,1H3,(H,21,23)(H,18,19,20)/b13-10-. The zero-order chi connectivity index (χ0) is 16.7. The molecule has 2 rings (SSSR count). The molecule has 7 nitrogen and oxygen atoms in total. The number of carbonyl (C=O) groups excluding carboxylic acids is 2. The Morgan fingerprint density at radius 3 is 2.39 bits per heavy atom. The zero-order valence-corrected chi connectivity index (χ0v) is 12.3. The minimum Gasteiger partial charge on any atom is -0.329 e. The summed E-state index contributed by atoms with van der Waals surface area (Å²) < 4.78 is 0. The van der Waals surface area contributed by atoms with Crippen LogP contribution >= 0.6 is 0 Å². The van der Waals surface area contributed by atoms with Gasteiger partial charge in [-0.1, -0.05) is 0 Å². The molecule has 0 atom stereocenters. The van der Waals surface area contributed by atoms with Gasteiger partial charge in [0.1, 0.15) is 11.6 Å². The molecule has 0 aliphatic carbocycles. The van der Waals surface area contributed by atoms with Gasteiger partial charge in [-0.2, -0.15) is 5.26 Å². The fourth-order valence-corrected chi connectivity index (χ4v) is 1.65. The minimum atomic E-state index is -0.577. The van der Waals surface area contributed by atoms with Gasteiger partial charge in [-0.3, -0.25) is 9.59 Å². The lowest BCUT2D eigenvalue weighted by Crippen LogP contribution is -2.14. The molecule has 0 unspecified atom stereocenters. The molecule has 0 aliphatic rings. The normalized spacial score (nSPS) is 10.5. The topological polar surface area (TPSA) is 108 Å². The van der Waals surface area contributed by atoms with Gasteiger partial charge in [0.25, 0.3) is 5.91 Å². The predicted octanol–water partition coefficient (Wildman–Crippen LogP) is 2.14. The van der Waals surface area contributed by atoms with Gasteiger partial charge in [0.2, 0.25) is 5.95 Å². The van der Waals surface area contributed by atoms with Crippen LogP contribution in [-0.2, 0) is 4.79 Å². The number of hydrogen-bond donors (Lipinski definition) is 2. The van der Waals surface area contributed by atoms with E-state index < -0.39 is 5.91 Å². The fourth-order valence-electron chi connectivity index (χ4n) is 1.65. The summed E-state index contributed by atoms with van der Waals surface area (Å²) >= 11 is 0. The molecule has 0 saturated carbocycles. The molecule has 1 aromatic heterocycles. The van der Waals surface area contributed by atoms with Gasteiger partial charge in [-0.05, 0) is 37.3 Å². The molecule has 2 aromatic rings. The summed E-state index contributed by atoms with van der Waals surface area (Å²) in [4.78, 5) is 31.1. The highest BCUT2D eigenvalue weighted by Gasteiger charge is 2.10. The Bertz CT molecular complexity index is 776. The Balaban J connectivity index is 2.05. The molecule has 23 heavy (non-hydrogen) atoms. The number of ketones is 1. The van der Waals surface area contributed by atoms with Crippen molar-refractivity contribution in [1.82, 2.24) is 9.97 Å². The number of Topliss-reactive ketones (excluding diaryl/α,β-unsaturated/α-hetero) is 1. The first kappa shape index (κ1) is 15.9. The van der Waals surface area contributed by atoms with Crippen LogP contribution in [0.4, 0.5) is 11.6 Å². The molecule has 0 radical (unpaired) electrons. The van der Waals surface area contributed by atoms with Crippen molar-refractivity contribution < 1.29 is 9.59 Å². The third-order valence-electron chi connectivity index (χ3n) is 2.83. The second-order valence-corrected chi connectivity index (χ2v) is 4.47. The third-order valence-corrected chi connectivity index (χ3v) is 2.83. The van der Waals surface area contributed by atoms with Crippen LogP contribution < -0.4 is 10.6 Å². The van der Waals surface area contributed by atoms with E-state index in [0.717, 1.165) is 0 Å². The van der Waals surface area contributed by atoms with Gasteiger partial charge in [0.15, 0.2) is 5.78 Å². The Labute approximate surface area is 132 Å². The first-order valence-corrected chi connectivity index (χ1v) is 6.66. The number of hydrogen-bond acceptors (Lipinski definition) is 6. The van der Waals surface area contributed by atoms with Crippen LogP contribution in [0.2, 0.25) is 0 Å². The molecular formula is C16H13N5O2. The van der Waals surface area contributed by atoms with Gasteiger partial charge in [0.05, 0.1) is 0 Å². The van der Waals surface area contributed by atoms with E-state index in [1.165, 1.54) is 25.5 Å². The van der Waals surface area contributed by atoms with Crippen LogP contribution in [-0.4, -0.2) is 21.7 Å². The third kappa shape index (κ3) is 4.47. The maximum atomic E-state index is 12.0. The lowest BCUT2D eigenvalue weighted by atomic mass is 10.1. The van der Waals surface area contributed by atoms with Gasteiger partial charge in [-0.15, -0.1) is 0 Å². The summed E-state index contributed by atoms with van der Waals surface area (Å²) in [6.07, 6.45) is 4.30. The number of benzene rings is 1. The van der Waals surface area contributed by atoms with Crippen LogP contribution in [0.3, 0.4) is 0 Å². The second kappa shape index (κ2) is 7.47. The molecule has 1 heterocycles. The van der Waals surface area contributed by atoms with Crippen LogP contribution in [0.25, 0.3) is 0 Å². The van der Waals surface area contributed by atoms with Crippen molar-refractivity contribution in [2.75, 3.05) is 10.6 Å². The number of nitrogens with zero attached hydrogens (tertiary/aromatic N) is 3.